The van der Waals surface area contributed by atoms with Crippen LogP contribution < -0.4 is 5.32 Å². The molecule has 82 valence electrons. The highest BCUT2D eigenvalue weighted by Crippen LogP contribution is 2.20. The van der Waals surface area contributed by atoms with Crippen molar-refractivity contribution in [3.63, 3.8) is 0 Å². The zero-order valence-corrected chi connectivity index (χ0v) is 10.3. The Balaban J connectivity index is 2.15. The van der Waals surface area contributed by atoms with Crippen LogP contribution in [-0.2, 0) is 0 Å². The largest absolute Gasteiger partial charge is 0.357 e. The Morgan fingerprint density at radius 2 is 2.19 bits per heavy atom. The monoisotopic (exact) mass is 278 g/mol. The molecule has 16 heavy (non-hydrogen) atoms. The number of hydrogen-bond donors (Lipinski definition) is 2. The van der Waals surface area contributed by atoms with Crippen molar-refractivity contribution >= 4 is 27.5 Å². The zero-order chi connectivity index (χ0) is 11.5. The predicted octanol–water partition coefficient (Wildman–Crippen LogP) is 3.34. The van der Waals surface area contributed by atoms with E-state index in [-0.39, 0.29) is 5.91 Å². The molecule has 0 saturated carbocycles. The number of benzene rings is 1. The van der Waals surface area contributed by atoms with Crippen LogP contribution in [0.3, 0.4) is 0 Å². The summed E-state index contributed by atoms with van der Waals surface area (Å²) in [6, 6.07) is 9.24. The fraction of sp³-hybridized carbons (Fsp3) is 0.0833. The number of nitrogens with one attached hydrogen (secondary N) is 2. The molecule has 0 aliphatic heterocycles. The van der Waals surface area contributed by atoms with Gasteiger partial charge < -0.3 is 10.3 Å². The van der Waals surface area contributed by atoms with Crippen LogP contribution in [0.15, 0.2) is 41.0 Å². The molecule has 4 heteroatoms. The van der Waals surface area contributed by atoms with Crippen LogP contribution >= 0.6 is 15.9 Å². The first-order valence-electron chi connectivity index (χ1n) is 4.88. The number of carbonyl (C=O) groups is 1. The summed E-state index contributed by atoms with van der Waals surface area (Å²) < 4.78 is 0.983. The van der Waals surface area contributed by atoms with Crippen LogP contribution in [0.2, 0.25) is 0 Å². The SMILES string of the molecule is Cc1ccc(NC(=O)c2ccc[nH]2)cc1Br. The lowest BCUT2D eigenvalue weighted by Crippen LogP contribution is -2.12. The third-order valence-corrected chi connectivity index (χ3v) is 3.13. The van der Waals surface area contributed by atoms with Gasteiger partial charge in [-0.05, 0) is 36.8 Å². The maximum absolute atomic E-state index is 11.7. The molecule has 1 heterocycles. The van der Waals surface area contributed by atoms with Gasteiger partial charge in [-0.1, -0.05) is 22.0 Å². The van der Waals surface area contributed by atoms with E-state index in [9.17, 15) is 4.79 Å². The van der Waals surface area contributed by atoms with Crippen molar-refractivity contribution in [2.75, 3.05) is 5.32 Å². The van der Waals surface area contributed by atoms with Gasteiger partial charge in [0.2, 0.25) is 0 Å². The molecule has 2 rings (SSSR count). The minimum Gasteiger partial charge on any atom is -0.357 e. The highest BCUT2D eigenvalue weighted by molar-refractivity contribution is 9.10. The number of amides is 1. The van der Waals surface area contributed by atoms with E-state index < -0.39 is 0 Å². The number of rotatable bonds is 2. The molecular weight excluding hydrogens is 268 g/mol. The normalized spacial score (nSPS) is 10.1. The number of aryl methyl sites for hydroxylation is 1. The van der Waals surface area contributed by atoms with Gasteiger partial charge in [0.1, 0.15) is 5.69 Å². The molecule has 0 aliphatic carbocycles. The number of aromatic amines is 1. The molecule has 0 spiro atoms. The minimum atomic E-state index is -0.138. The second-order valence-electron chi connectivity index (χ2n) is 3.50. The molecule has 1 aromatic heterocycles. The number of hydrogen-bond acceptors (Lipinski definition) is 1. The van der Waals surface area contributed by atoms with E-state index in [4.69, 9.17) is 0 Å². The molecule has 1 aromatic carbocycles. The summed E-state index contributed by atoms with van der Waals surface area (Å²) in [7, 11) is 0. The van der Waals surface area contributed by atoms with E-state index in [0.717, 1.165) is 15.7 Å². The van der Waals surface area contributed by atoms with E-state index >= 15 is 0 Å². The van der Waals surface area contributed by atoms with Crippen LogP contribution in [0.25, 0.3) is 0 Å². The van der Waals surface area contributed by atoms with E-state index in [0.29, 0.717) is 5.69 Å². The Kier molecular flexibility index (Phi) is 3.10. The fourth-order valence-electron chi connectivity index (χ4n) is 1.34. The molecular formula is C12H11BrN2O. The second kappa shape index (κ2) is 4.53. The van der Waals surface area contributed by atoms with Crippen molar-refractivity contribution in [2.24, 2.45) is 0 Å². The van der Waals surface area contributed by atoms with Gasteiger partial charge in [0.05, 0.1) is 0 Å². The molecule has 2 aromatic rings. The van der Waals surface area contributed by atoms with E-state index in [1.54, 1.807) is 18.3 Å². The lowest BCUT2D eigenvalue weighted by molar-refractivity contribution is 0.102. The summed E-state index contributed by atoms with van der Waals surface area (Å²) in [5, 5.41) is 2.81. The van der Waals surface area contributed by atoms with Gasteiger partial charge in [0, 0.05) is 16.4 Å². The molecule has 0 atom stereocenters. The van der Waals surface area contributed by atoms with E-state index in [1.807, 2.05) is 25.1 Å². The third kappa shape index (κ3) is 2.33. The van der Waals surface area contributed by atoms with Gasteiger partial charge in [-0.3, -0.25) is 4.79 Å². The van der Waals surface area contributed by atoms with Crippen LogP contribution in [0.4, 0.5) is 5.69 Å². The molecule has 0 fully saturated rings. The summed E-state index contributed by atoms with van der Waals surface area (Å²) >= 11 is 3.43. The van der Waals surface area contributed by atoms with Gasteiger partial charge in [-0.2, -0.15) is 0 Å². The lowest BCUT2D eigenvalue weighted by atomic mass is 10.2. The number of halogens is 1. The smallest absolute Gasteiger partial charge is 0.272 e. The maximum atomic E-state index is 11.7. The van der Waals surface area contributed by atoms with Gasteiger partial charge in [-0.25, -0.2) is 0 Å². The first kappa shape index (κ1) is 11.0. The number of H-pyrrole nitrogens is 1. The third-order valence-electron chi connectivity index (χ3n) is 2.27. The average molecular weight is 279 g/mol. The summed E-state index contributed by atoms with van der Waals surface area (Å²) in [6.07, 6.45) is 1.72. The first-order chi connectivity index (χ1) is 7.66. The topological polar surface area (TPSA) is 44.9 Å². The van der Waals surface area contributed by atoms with Crippen LogP contribution in [0, 0.1) is 6.92 Å². The Bertz CT molecular complexity index is 506. The second-order valence-corrected chi connectivity index (χ2v) is 4.36. The Labute approximate surface area is 102 Å². The molecule has 0 radical (unpaired) electrons. The molecule has 0 bridgehead atoms. The average Bonchev–Trinajstić information content (AvgIpc) is 2.77. The Hall–Kier alpha value is -1.55. The van der Waals surface area contributed by atoms with Crippen molar-refractivity contribution < 1.29 is 4.79 Å². The Morgan fingerprint density at radius 3 is 2.81 bits per heavy atom. The van der Waals surface area contributed by atoms with Gasteiger partial charge in [0.25, 0.3) is 5.91 Å². The molecule has 1 amide bonds. The minimum absolute atomic E-state index is 0.138. The summed E-state index contributed by atoms with van der Waals surface area (Å²) in [5.74, 6) is -0.138. The molecule has 2 N–H and O–H groups in total. The number of aromatic nitrogens is 1. The highest BCUT2D eigenvalue weighted by atomic mass is 79.9. The van der Waals surface area contributed by atoms with Gasteiger partial charge in [-0.15, -0.1) is 0 Å². The van der Waals surface area contributed by atoms with Crippen LogP contribution in [0.1, 0.15) is 16.1 Å². The van der Waals surface area contributed by atoms with Crippen molar-refractivity contribution in [3.8, 4) is 0 Å². The molecule has 0 unspecified atom stereocenters. The Morgan fingerprint density at radius 1 is 1.38 bits per heavy atom. The van der Waals surface area contributed by atoms with Crippen LogP contribution in [-0.4, -0.2) is 10.9 Å². The van der Waals surface area contributed by atoms with E-state index in [1.165, 1.54) is 0 Å². The summed E-state index contributed by atoms with van der Waals surface area (Å²) in [4.78, 5) is 14.6. The van der Waals surface area contributed by atoms with Gasteiger partial charge >= 0.3 is 0 Å². The standard InChI is InChI=1S/C12H11BrN2O/c1-8-4-5-9(7-10(8)13)15-12(16)11-3-2-6-14-11/h2-7,14H,1H3,(H,15,16). The van der Waals surface area contributed by atoms with Crippen molar-refractivity contribution in [2.45, 2.75) is 6.92 Å². The first-order valence-corrected chi connectivity index (χ1v) is 5.67. The summed E-state index contributed by atoms with van der Waals surface area (Å²) in [6.45, 7) is 2.00. The maximum Gasteiger partial charge on any atom is 0.272 e. The molecule has 0 saturated heterocycles. The summed E-state index contributed by atoms with van der Waals surface area (Å²) in [5.41, 5.74) is 2.46. The van der Waals surface area contributed by atoms with Crippen LogP contribution in [0.5, 0.6) is 0 Å². The fourth-order valence-corrected chi connectivity index (χ4v) is 1.72. The van der Waals surface area contributed by atoms with Gasteiger partial charge in [0.15, 0.2) is 0 Å². The zero-order valence-electron chi connectivity index (χ0n) is 8.75. The number of anilines is 1. The number of carbonyl (C=O) groups excluding carboxylic acids is 1. The lowest BCUT2D eigenvalue weighted by Gasteiger charge is -2.05. The predicted molar refractivity (Wildman–Crippen MR) is 67.6 cm³/mol. The van der Waals surface area contributed by atoms with Crippen molar-refractivity contribution in [1.29, 1.82) is 0 Å². The highest BCUT2D eigenvalue weighted by Gasteiger charge is 2.06. The van der Waals surface area contributed by atoms with Crippen molar-refractivity contribution in [3.05, 3.63) is 52.3 Å². The van der Waals surface area contributed by atoms with Crippen molar-refractivity contribution in [1.82, 2.24) is 4.98 Å². The molecule has 3 nitrogen and oxygen atoms in total. The molecule has 0 aliphatic rings. The quantitative estimate of drug-likeness (QED) is 0.870. The van der Waals surface area contributed by atoms with E-state index in [2.05, 4.69) is 26.2 Å².